The van der Waals surface area contributed by atoms with E-state index in [9.17, 15) is 4.79 Å². The van der Waals surface area contributed by atoms with Crippen LogP contribution < -0.4 is 15.2 Å². The average molecular weight is 292 g/mol. The minimum Gasteiger partial charge on any atom is -0.493 e. The van der Waals surface area contributed by atoms with E-state index in [4.69, 9.17) is 15.2 Å². The first kappa shape index (κ1) is 15.6. The fourth-order valence-corrected chi connectivity index (χ4v) is 2.77. The van der Waals surface area contributed by atoms with Crippen LogP contribution in [-0.4, -0.2) is 38.1 Å². The van der Waals surface area contributed by atoms with E-state index in [0.717, 1.165) is 30.7 Å². The van der Waals surface area contributed by atoms with Crippen LogP contribution in [0, 0.1) is 5.92 Å². The van der Waals surface area contributed by atoms with E-state index in [-0.39, 0.29) is 11.8 Å². The van der Waals surface area contributed by atoms with Crippen LogP contribution in [0.1, 0.15) is 24.5 Å². The van der Waals surface area contributed by atoms with Crippen LogP contribution in [0.5, 0.6) is 11.5 Å². The molecule has 1 atom stereocenters. The summed E-state index contributed by atoms with van der Waals surface area (Å²) in [5.41, 5.74) is 8.03. The van der Waals surface area contributed by atoms with Crippen LogP contribution in [0.15, 0.2) is 12.1 Å². The van der Waals surface area contributed by atoms with E-state index < -0.39 is 0 Å². The van der Waals surface area contributed by atoms with Crippen molar-refractivity contribution in [3.63, 3.8) is 0 Å². The van der Waals surface area contributed by atoms with Crippen molar-refractivity contribution in [2.45, 2.75) is 26.3 Å². The minimum atomic E-state index is -0.0771. The lowest BCUT2D eigenvalue weighted by atomic mass is 9.96. The molecule has 1 unspecified atom stereocenters. The number of hydrogen-bond acceptors (Lipinski definition) is 4. The third-order valence-corrected chi connectivity index (χ3v) is 4.16. The molecule has 21 heavy (non-hydrogen) atoms. The lowest BCUT2D eigenvalue weighted by Gasteiger charge is -2.32. The Morgan fingerprint density at radius 3 is 2.43 bits per heavy atom. The maximum atomic E-state index is 12.4. The molecule has 1 amide bonds. The monoisotopic (exact) mass is 292 g/mol. The van der Waals surface area contributed by atoms with Crippen LogP contribution >= 0.6 is 0 Å². The normalized spacial score (nSPS) is 15.3. The van der Waals surface area contributed by atoms with Crippen LogP contribution in [0.3, 0.4) is 0 Å². The highest BCUT2D eigenvalue weighted by Crippen LogP contribution is 2.33. The topological polar surface area (TPSA) is 64.8 Å². The van der Waals surface area contributed by atoms with E-state index in [0.29, 0.717) is 18.8 Å². The molecule has 0 saturated carbocycles. The second-order valence-electron chi connectivity index (χ2n) is 5.33. The summed E-state index contributed by atoms with van der Waals surface area (Å²) in [6, 6.07) is 3.98. The maximum Gasteiger partial charge on any atom is 0.227 e. The summed E-state index contributed by atoms with van der Waals surface area (Å²) < 4.78 is 10.7. The molecular formula is C16H24N2O3. The first-order valence-corrected chi connectivity index (χ1v) is 7.37. The predicted molar refractivity (Wildman–Crippen MR) is 81.5 cm³/mol. The molecule has 1 aliphatic rings. The van der Waals surface area contributed by atoms with Gasteiger partial charge in [-0.25, -0.2) is 0 Å². The number of hydrogen-bond donors (Lipinski definition) is 1. The summed E-state index contributed by atoms with van der Waals surface area (Å²) in [4.78, 5) is 14.3. The van der Waals surface area contributed by atoms with Gasteiger partial charge in [0.1, 0.15) is 0 Å². The van der Waals surface area contributed by atoms with Crippen molar-refractivity contribution in [1.29, 1.82) is 0 Å². The molecule has 2 N–H and O–H groups in total. The summed E-state index contributed by atoms with van der Waals surface area (Å²) in [6.45, 7) is 3.76. The van der Waals surface area contributed by atoms with Gasteiger partial charge >= 0.3 is 0 Å². The molecule has 1 heterocycles. The lowest BCUT2D eigenvalue weighted by molar-refractivity contribution is -0.136. The molecule has 0 saturated heterocycles. The molecule has 0 aliphatic carbocycles. The predicted octanol–water partition coefficient (Wildman–Crippen LogP) is 1.57. The van der Waals surface area contributed by atoms with Gasteiger partial charge in [-0.05, 0) is 36.1 Å². The summed E-state index contributed by atoms with van der Waals surface area (Å²) in [5, 5.41) is 0. The highest BCUT2D eigenvalue weighted by molar-refractivity contribution is 5.79. The van der Waals surface area contributed by atoms with Crippen LogP contribution in [0.25, 0.3) is 0 Å². The molecule has 5 nitrogen and oxygen atoms in total. The molecule has 5 heteroatoms. The second kappa shape index (κ2) is 6.80. The number of carbonyl (C=O) groups is 1. The summed E-state index contributed by atoms with van der Waals surface area (Å²) in [6.07, 6.45) is 1.62. The Morgan fingerprint density at radius 2 is 1.90 bits per heavy atom. The highest BCUT2D eigenvalue weighted by Gasteiger charge is 2.26. The zero-order valence-corrected chi connectivity index (χ0v) is 13.0. The average Bonchev–Trinajstić information content (AvgIpc) is 2.53. The fraction of sp³-hybridized carbons (Fsp3) is 0.562. The van der Waals surface area contributed by atoms with E-state index in [2.05, 4.69) is 0 Å². The van der Waals surface area contributed by atoms with E-state index in [1.165, 1.54) is 5.56 Å². The van der Waals surface area contributed by atoms with Crippen molar-refractivity contribution < 1.29 is 14.3 Å². The fourth-order valence-electron chi connectivity index (χ4n) is 2.77. The van der Waals surface area contributed by atoms with Crippen LogP contribution in [0.2, 0.25) is 0 Å². The Morgan fingerprint density at radius 1 is 1.29 bits per heavy atom. The minimum absolute atomic E-state index is 0.0771. The Balaban J connectivity index is 2.22. The first-order chi connectivity index (χ1) is 10.1. The number of nitrogens with zero attached hydrogens (tertiary/aromatic N) is 1. The first-order valence-electron chi connectivity index (χ1n) is 7.37. The molecule has 1 aliphatic heterocycles. The van der Waals surface area contributed by atoms with Gasteiger partial charge in [0, 0.05) is 19.6 Å². The Hall–Kier alpha value is -1.75. The van der Waals surface area contributed by atoms with E-state index >= 15 is 0 Å². The zero-order chi connectivity index (χ0) is 15.4. The highest BCUT2D eigenvalue weighted by atomic mass is 16.5. The molecule has 116 valence electrons. The molecule has 0 bridgehead atoms. The van der Waals surface area contributed by atoms with Crippen molar-refractivity contribution >= 4 is 5.91 Å². The van der Waals surface area contributed by atoms with Crippen molar-refractivity contribution in [3.05, 3.63) is 23.3 Å². The molecule has 0 spiro atoms. The molecule has 0 aromatic heterocycles. The number of methoxy groups -OCH3 is 2. The Bertz CT molecular complexity index is 512. The van der Waals surface area contributed by atoms with Gasteiger partial charge in [0.15, 0.2) is 11.5 Å². The molecule has 0 radical (unpaired) electrons. The maximum absolute atomic E-state index is 12.4. The number of benzene rings is 1. The number of fused-ring (bicyclic) bond motifs is 1. The van der Waals surface area contributed by atoms with Gasteiger partial charge in [0.2, 0.25) is 5.91 Å². The van der Waals surface area contributed by atoms with Gasteiger partial charge in [-0.1, -0.05) is 6.92 Å². The van der Waals surface area contributed by atoms with Crippen LogP contribution in [-0.2, 0) is 17.8 Å². The van der Waals surface area contributed by atoms with Gasteiger partial charge in [0.05, 0.1) is 20.1 Å². The molecule has 1 aromatic rings. The van der Waals surface area contributed by atoms with Gasteiger partial charge in [0.25, 0.3) is 0 Å². The third kappa shape index (κ3) is 3.13. The molecule has 1 aromatic carbocycles. The van der Waals surface area contributed by atoms with Crippen molar-refractivity contribution in [2.24, 2.45) is 11.7 Å². The number of rotatable bonds is 5. The Labute approximate surface area is 126 Å². The van der Waals surface area contributed by atoms with E-state index in [1.807, 2.05) is 24.0 Å². The Kier molecular flexibility index (Phi) is 5.07. The number of carbonyl (C=O) groups excluding carboxylic acids is 1. The molecular weight excluding hydrogens is 268 g/mol. The third-order valence-electron chi connectivity index (χ3n) is 4.16. The number of amides is 1. The van der Waals surface area contributed by atoms with Crippen LogP contribution in [0.4, 0.5) is 0 Å². The molecule has 2 rings (SSSR count). The quantitative estimate of drug-likeness (QED) is 0.895. The largest absolute Gasteiger partial charge is 0.493 e. The second-order valence-corrected chi connectivity index (χ2v) is 5.33. The van der Waals surface area contributed by atoms with Gasteiger partial charge in [-0.2, -0.15) is 0 Å². The standard InChI is InChI=1S/C16H24N2O3/c1-4-11(9-17)16(19)18-6-5-12-7-14(20-2)15(21-3)8-13(12)10-18/h7-8,11H,4-6,9-10,17H2,1-3H3. The van der Waals surface area contributed by atoms with E-state index in [1.54, 1.807) is 14.2 Å². The SMILES string of the molecule is CCC(CN)C(=O)N1CCc2cc(OC)c(OC)cc2C1. The summed E-state index contributed by atoms with van der Waals surface area (Å²) in [5.74, 6) is 1.52. The molecule has 0 fully saturated rings. The zero-order valence-electron chi connectivity index (χ0n) is 13.0. The number of nitrogens with two attached hydrogens (primary N) is 1. The van der Waals surface area contributed by atoms with Gasteiger partial charge in [-0.3, -0.25) is 4.79 Å². The number of ether oxygens (including phenoxy) is 2. The smallest absolute Gasteiger partial charge is 0.227 e. The summed E-state index contributed by atoms with van der Waals surface area (Å²) >= 11 is 0. The van der Waals surface area contributed by atoms with Crippen molar-refractivity contribution in [2.75, 3.05) is 27.3 Å². The summed E-state index contributed by atoms with van der Waals surface area (Å²) in [7, 11) is 3.26. The van der Waals surface area contributed by atoms with Gasteiger partial charge < -0.3 is 20.1 Å². The van der Waals surface area contributed by atoms with Gasteiger partial charge in [-0.15, -0.1) is 0 Å². The van der Waals surface area contributed by atoms with Crippen molar-refractivity contribution in [3.8, 4) is 11.5 Å². The van der Waals surface area contributed by atoms with Crippen molar-refractivity contribution in [1.82, 2.24) is 4.90 Å². The lowest BCUT2D eigenvalue weighted by Crippen LogP contribution is -2.41.